The molecule has 1 atom stereocenters. The molecule has 0 radical (unpaired) electrons. The van der Waals surface area contributed by atoms with E-state index in [0.29, 0.717) is 23.9 Å². The maximum Gasteiger partial charge on any atom is 0.257 e. The number of pyridine rings is 1. The van der Waals surface area contributed by atoms with Crippen molar-refractivity contribution in [3.63, 3.8) is 0 Å². The van der Waals surface area contributed by atoms with Crippen LogP contribution in [0, 0.1) is 0 Å². The molecule has 1 aliphatic rings. The third-order valence-corrected chi connectivity index (χ3v) is 5.47. The Balaban J connectivity index is 1.50. The molecule has 0 aliphatic carbocycles. The number of carbonyl (C=O) groups is 1. The zero-order valence-corrected chi connectivity index (χ0v) is 15.7. The molecule has 25 heavy (non-hydrogen) atoms. The van der Waals surface area contributed by atoms with Crippen molar-refractivity contribution in [2.75, 3.05) is 13.1 Å². The van der Waals surface area contributed by atoms with Crippen LogP contribution in [-0.2, 0) is 0 Å². The Morgan fingerprint density at radius 2 is 2.28 bits per heavy atom. The molecular weight excluding hydrogens is 404 g/mol. The SMILES string of the molecule is O=C(c1cncc(Br)c1)N1CCCC(c2nnc(-c3cccs3)o2)C1. The number of halogens is 1. The number of carbonyl (C=O) groups excluding carboxylic acids is 1. The molecule has 1 amide bonds. The van der Waals surface area contributed by atoms with Crippen LogP contribution in [0.15, 0.2) is 44.9 Å². The molecule has 0 N–H and O–H groups in total. The predicted octanol–water partition coefficient (Wildman–Crippen LogP) is 3.98. The molecule has 1 saturated heterocycles. The highest BCUT2D eigenvalue weighted by molar-refractivity contribution is 9.10. The van der Waals surface area contributed by atoms with Crippen molar-refractivity contribution in [3.8, 4) is 10.8 Å². The van der Waals surface area contributed by atoms with Gasteiger partial charge in [-0.25, -0.2) is 0 Å². The van der Waals surface area contributed by atoms with Crippen LogP contribution in [0.5, 0.6) is 0 Å². The summed E-state index contributed by atoms with van der Waals surface area (Å²) >= 11 is 4.93. The first-order valence-corrected chi connectivity index (χ1v) is 9.65. The molecule has 0 spiro atoms. The van der Waals surface area contributed by atoms with E-state index in [1.54, 1.807) is 29.8 Å². The summed E-state index contributed by atoms with van der Waals surface area (Å²) in [5, 5.41) is 10.3. The quantitative estimate of drug-likeness (QED) is 0.642. The molecule has 128 valence electrons. The number of aromatic nitrogens is 3. The standard InChI is InChI=1S/C17H15BrN4O2S/c18-13-7-12(8-19-9-13)17(23)22-5-1-3-11(10-22)15-20-21-16(24-15)14-4-2-6-25-14/h2,4,6-9,11H,1,3,5,10H2. The van der Waals surface area contributed by atoms with Crippen LogP contribution in [-0.4, -0.2) is 39.1 Å². The lowest BCUT2D eigenvalue weighted by atomic mass is 9.97. The first kappa shape index (κ1) is 16.4. The number of thiophene rings is 1. The lowest BCUT2D eigenvalue weighted by Crippen LogP contribution is -2.39. The number of hydrogen-bond donors (Lipinski definition) is 0. The third-order valence-electron chi connectivity index (χ3n) is 4.18. The van der Waals surface area contributed by atoms with E-state index in [1.807, 2.05) is 22.4 Å². The summed E-state index contributed by atoms with van der Waals surface area (Å²) in [6.07, 6.45) is 5.11. The van der Waals surface area contributed by atoms with E-state index < -0.39 is 0 Å². The number of nitrogens with zero attached hydrogens (tertiary/aromatic N) is 4. The van der Waals surface area contributed by atoms with Crippen molar-refractivity contribution in [2.24, 2.45) is 0 Å². The molecule has 4 heterocycles. The van der Waals surface area contributed by atoms with Crippen LogP contribution in [0.1, 0.15) is 35.0 Å². The fourth-order valence-electron chi connectivity index (χ4n) is 2.97. The second kappa shape index (κ2) is 7.05. The Kier molecular flexibility index (Phi) is 4.63. The fraction of sp³-hybridized carbons (Fsp3) is 0.294. The monoisotopic (exact) mass is 418 g/mol. The van der Waals surface area contributed by atoms with Crippen molar-refractivity contribution in [3.05, 3.63) is 51.9 Å². The minimum atomic E-state index is -0.0171. The van der Waals surface area contributed by atoms with Gasteiger partial charge in [0.2, 0.25) is 5.89 Å². The van der Waals surface area contributed by atoms with Gasteiger partial charge >= 0.3 is 0 Å². The summed E-state index contributed by atoms with van der Waals surface area (Å²) in [4.78, 5) is 19.6. The molecule has 3 aromatic heterocycles. The number of likely N-dealkylation sites (tertiary alicyclic amines) is 1. The summed E-state index contributed by atoms with van der Waals surface area (Å²) in [6.45, 7) is 1.31. The smallest absolute Gasteiger partial charge is 0.257 e. The molecule has 6 nitrogen and oxygen atoms in total. The zero-order valence-electron chi connectivity index (χ0n) is 13.3. The van der Waals surface area contributed by atoms with E-state index >= 15 is 0 Å². The van der Waals surface area contributed by atoms with E-state index in [0.717, 1.165) is 28.7 Å². The Labute approximate surface area is 157 Å². The second-order valence-electron chi connectivity index (χ2n) is 5.90. The number of hydrogen-bond acceptors (Lipinski definition) is 6. The van der Waals surface area contributed by atoms with Gasteiger partial charge in [-0.1, -0.05) is 6.07 Å². The van der Waals surface area contributed by atoms with Crippen LogP contribution < -0.4 is 0 Å². The average Bonchev–Trinajstić information content (AvgIpc) is 3.32. The Hall–Kier alpha value is -2.06. The second-order valence-corrected chi connectivity index (χ2v) is 7.77. The highest BCUT2D eigenvalue weighted by Gasteiger charge is 2.29. The molecule has 1 aliphatic heterocycles. The molecule has 1 unspecified atom stereocenters. The molecule has 8 heteroatoms. The zero-order chi connectivity index (χ0) is 17.2. The molecular formula is C17H15BrN4O2S. The topological polar surface area (TPSA) is 72.1 Å². The average molecular weight is 419 g/mol. The van der Waals surface area contributed by atoms with Crippen LogP contribution in [0.25, 0.3) is 10.8 Å². The van der Waals surface area contributed by atoms with Crippen molar-refractivity contribution < 1.29 is 9.21 Å². The van der Waals surface area contributed by atoms with Crippen molar-refractivity contribution in [1.82, 2.24) is 20.1 Å². The summed E-state index contributed by atoms with van der Waals surface area (Å²) in [5.74, 6) is 1.20. The van der Waals surface area contributed by atoms with E-state index in [1.165, 1.54) is 0 Å². The Morgan fingerprint density at radius 1 is 1.36 bits per heavy atom. The molecule has 4 rings (SSSR count). The van der Waals surface area contributed by atoms with Crippen molar-refractivity contribution >= 4 is 33.2 Å². The summed E-state index contributed by atoms with van der Waals surface area (Å²) < 4.78 is 6.65. The lowest BCUT2D eigenvalue weighted by Gasteiger charge is -2.31. The molecule has 0 bridgehead atoms. The molecule has 3 aromatic rings. The summed E-state index contributed by atoms with van der Waals surface area (Å²) in [5.41, 5.74) is 0.583. The lowest BCUT2D eigenvalue weighted by molar-refractivity contribution is 0.0698. The fourth-order valence-corrected chi connectivity index (χ4v) is 3.98. The van der Waals surface area contributed by atoms with E-state index in [-0.39, 0.29) is 11.8 Å². The van der Waals surface area contributed by atoms with Gasteiger partial charge in [-0.05, 0) is 46.3 Å². The first-order valence-electron chi connectivity index (χ1n) is 7.98. The maximum absolute atomic E-state index is 12.7. The molecule has 0 aromatic carbocycles. The van der Waals surface area contributed by atoms with Gasteiger partial charge in [0.1, 0.15) is 0 Å². The normalized spacial score (nSPS) is 17.6. The Bertz CT molecular complexity index is 880. The predicted molar refractivity (Wildman–Crippen MR) is 97.4 cm³/mol. The van der Waals surface area contributed by atoms with Crippen molar-refractivity contribution in [1.29, 1.82) is 0 Å². The van der Waals surface area contributed by atoms with Gasteiger partial charge in [0.05, 0.1) is 16.4 Å². The van der Waals surface area contributed by atoms with Gasteiger partial charge < -0.3 is 9.32 Å². The number of amides is 1. The molecule has 1 fully saturated rings. The third kappa shape index (κ3) is 3.50. The largest absolute Gasteiger partial charge is 0.420 e. The highest BCUT2D eigenvalue weighted by atomic mass is 79.9. The number of piperidine rings is 1. The van der Waals surface area contributed by atoms with Gasteiger partial charge in [0, 0.05) is 30.0 Å². The van der Waals surface area contributed by atoms with Gasteiger partial charge in [0.15, 0.2) is 0 Å². The van der Waals surface area contributed by atoms with Crippen LogP contribution >= 0.6 is 27.3 Å². The Morgan fingerprint density at radius 3 is 3.08 bits per heavy atom. The summed E-state index contributed by atoms with van der Waals surface area (Å²) in [6, 6.07) is 5.70. The van der Waals surface area contributed by atoms with Crippen LogP contribution in [0.4, 0.5) is 0 Å². The van der Waals surface area contributed by atoms with Crippen molar-refractivity contribution in [2.45, 2.75) is 18.8 Å². The van der Waals surface area contributed by atoms with E-state index in [2.05, 4.69) is 31.1 Å². The van der Waals surface area contributed by atoms with Crippen LogP contribution in [0.3, 0.4) is 0 Å². The molecule has 0 saturated carbocycles. The maximum atomic E-state index is 12.7. The van der Waals surface area contributed by atoms with Gasteiger partial charge in [0.25, 0.3) is 11.8 Å². The first-order chi connectivity index (χ1) is 12.2. The van der Waals surface area contributed by atoms with E-state index in [9.17, 15) is 4.79 Å². The van der Waals surface area contributed by atoms with Crippen LogP contribution in [0.2, 0.25) is 0 Å². The minimum Gasteiger partial charge on any atom is -0.420 e. The van der Waals surface area contributed by atoms with E-state index in [4.69, 9.17) is 4.42 Å². The highest BCUT2D eigenvalue weighted by Crippen LogP contribution is 2.30. The summed E-state index contributed by atoms with van der Waals surface area (Å²) in [7, 11) is 0. The van der Waals surface area contributed by atoms with Gasteiger partial charge in [-0.2, -0.15) is 0 Å². The minimum absolute atomic E-state index is 0.0171. The number of rotatable bonds is 3. The van der Waals surface area contributed by atoms with Gasteiger partial charge in [-0.15, -0.1) is 21.5 Å². The van der Waals surface area contributed by atoms with Gasteiger partial charge in [-0.3, -0.25) is 9.78 Å².